The van der Waals surface area contributed by atoms with Crippen molar-refractivity contribution in [2.75, 3.05) is 0 Å². The molecule has 120 valence electrons. The van der Waals surface area contributed by atoms with Crippen LogP contribution >= 0.6 is 11.6 Å². The van der Waals surface area contributed by atoms with Crippen molar-refractivity contribution in [3.8, 4) is 6.07 Å². The van der Waals surface area contributed by atoms with Crippen LogP contribution in [-0.2, 0) is 13.5 Å². The van der Waals surface area contributed by atoms with Gasteiger partial charge in [-0.15, -0.1) is 0 Å². The maximum atomic E-state index is 11.8. The number of ketones is 1. The van der Waals surface area contributed by atoms with Crippen molar-refractivity contribution < 1.29 is 4.79 Å². The number of rotatable bonds is 3. The van der Waals surface area contributed by atoms with Crippen molar-refractivity contribution in [2.24, 2.45) is 7.05 Å². The summed E-state index contributed by atoms with van der Waals surface area (Å²) < 4.78 is 2.08. The van der Waals surface area contributed by atoms with Gasteiger partial charge in [-0.25, -0.2) is 0 Å². The van der Waals surface area contributed by atoms with Crippen LogP contribution in [0.4, 0.5) is 0 Å². The summed E-state index contributed by atoms with van der Waals surface area (Å²) >= 11 is 6.39. The van der Waals surface area contributed by atoms with E-state index in [-0.39, 0.29) is 5.78 Å². The van der Waals surface area contributed by atoms with E-state index >= 15 is 0 Å². The molecular formula is C20H17ClN2O. The van der Waals surface area contributed by atoms with E-state index in [1.54, 1.807) is 19.1 Å². The number of halogens is 1. The zero-order valence-electron chi connectivity index (χ0n) is 13.9. The van der Waals surface area contributed by atoms with Gasteiger partial charge < -0.3 is 4.57 Å². The summed E-state index contributed by atoms with van der Waals surface area (Å²) in [7, 11) is 1.98. The first kappa shape index (κ1) is 16.3. The quantitative estimate of drug-likeness (QED) is 0.644. The van der Waals surface area contributed by atoms with Crippen molar-refractivity contribution in [1.82, 2.24) is 4.57 Å². The Bertz CT molecular complexity index is 1010. The average Bonchev–Trinajstić information content (AvgIpc) is 2.86. The molecule has 0 aliphatic rings. The first-order valence-electron chi connectivity index (χ1n) is 7.69. The molecule has 3 aromatic rings. The third-order valence-corrected chi connectivity index (χ3v) is 4.91. The lowest BCUT2D eigenvalue weighted by Crippen LogP contribution is -2.04. The number of carbonyl (C=O) groups is 1. The van der Waals surface area contributed by atoms with Crippen LogP contribution in [0.25, 0.3) is 10.9 Å². The van der Waals surface area contributed by atoms with Gasteiger partial charge in [0, 0.05) is 35.3 Å². The van der Waals surface area contributed by atoms with Gasteiger partial charge in [-0.2, -0.15) is 5.26 Å². The third kappa shape index (κ3) is 2.70. The highest BCUT2D eigenvalue weighted by Crippen LogP contribution is 2.28. The van der Waals surface area contributed by atoms with Crippen LogP contribution in [0.2, 0.25) is 5.02 Å². The third-order valence-electron chi connectivity index (χ3n) is 4.55. The van der Waals surface area contributed by atoms with Crippen LogP contribution in [0.3, 0.4) is 0 Å². The maximum absolute atomic E-state index is 11.8. The van der Waals surface area contributed by atoms with E-state index in [1.165, 1.54) is 0 Å². The van der Waals surface area contributed by atoms with Crippen LogP contribution in [0, 0.1) is 18.3 Å². The molecular weight excluding hydrogens is 320 g/mol. The average molecular weight is 337 g/mol. The minimum atomic E-state index is 0.0427. The monoisotopic (exact) mass is 336 g/mol. The molecule has 2 aromatic carbocycles. The Morgan fingerprint density at radius 1 is 1.25 bits per heavy atom. The number of nitrogens with zero attached hydrogens (tertiary/aromatic N) is 2. The van der Waals surface area contributed by atoms with E-state index in [1.807, 2.05) is 32.2 Å². The summed E-state index contributed by atoms with van der Waals surface area (Å²) in [6.07, 6.45) is 0.638. The highest BCUT2D eigenvalue weighted by atomic mass is 35.5. The number of carbonyl (C=O) groups excluding carboxylic acids is 1. The molecule has 0 aliphatic carbocycles. The molecule has 3 rings (SSSR count). The Hall–Kier alpha value is -2.57. The smallest absolute Gasteiger partial charge is 0.160 e. The zero-order valence-corrected chi connectivity index (χ0v) is 14.6. The molecule has 1 aromatic heterocycles. The fourth-order valence-electron chi connectivity index (χ4n) is 3.13. The van der Waals surface area contributed by atoms with Crippen molar-refractivity contribution in [3.63, 3.8) is 0 Å². The molecule has 0 saturated carbocycles. The van der Waals surface area contributed by atoms with Crippen LogP contribution in [0.5, 0.6) is 0 Å². The zero-order chi connectivity index (χ0) is 17.4. The second-order valence-electron chi connectivity index (χ2n) is 6.01. The molecule has 0 aliphatic heterocycles. The fraction of sp³-hybridized carbons (Fsp3) is 0.200. The maximum Gasteiger partial charge on any atom is 0.160 e. The van der Waals surface area contributed by atoms with E-state index in [0.717, 1.165) is 27.7 Å². The molecule has 1 heterocycles. The van der Waals surface area contributed by atoms with Gasteiger partial charge in [0.15, 0.2) is 5.78 Å². The summed E-state index contributed by atoms with van der Waals surface area (Å²) in [5.74, 6) is 0.0427. The van der Waals surface area contributed by atoms with Gasteiger partial charge in [-0.1, -0.05) is 17.7 Å². The molecule has 0 unspecified atom stereocenters. The predicted molar refractivity (Wildman–Crippen MR) is 96.6 cm³/mol. The Kier molecular flexibility index (Phi) is 4.17. The van der Waals surface area contributed by atoms with Gasteiger partial charge >= 0.3 is 0 Å². The molecule has 0 fully saturated rings. The fourth-order valence-corrected chi connectivity index (χ4v) is 3.40. The molecule has 0 bridgehead atoms. The van der Waals surface area contributed by atoms with E-state index < -0.39 is 0 Å². The number of Topliss-reactive ketones (excluding diaryl/α,β-unsaturated/α-hetero) is 1. The number of aromatic nitrogens is 1. The molecule has 0 radical (unpaired) electrons. The molecule has 0 spiro atoms. The Morgan fingerprint density at radius 3 is 2.67 bits per heavy atom. The van der Waals surface area contributed by atoms with Crippen LogP contribution in [0.15, 0.2) is 36.4 Å². The lowest BCUT2D eigenvalue weighted by Gasteiger charge is -2.12. The topological polar surface area (TPSA) is 45.8 Å². The van der Waals surface area contributed by atoms with Crippen LogP contribution in [0.1, 0.15) is 39.7 Å². The Labute approximate surface area is 146 Å². The van der Waals surface area contributed by atoms with Crippen molar-refractivity contribution in [2.45, 2.75) is 20.3 Å². The van der Waals surface area contributed by atoms with E-state index in [4.69, 9.17) is 16.9 Å². The number of nitriles is 1. The highest BCUT2D eigenvalue weighted by Gasteiger charge is 2.15. The Morgan fingerprint density at radius 2 is 2.00 bits per heavy atom. The first-order chi connectivity index (χ1) is 11.4. The molecule has 3 nitrogen and oxygen atoms in total. The van der Waals surface area contributed by atoms with Gasteiger partial charge in [0.1, 0.15) is 0 Å². The molecule has 24 heavy (non-hydrogen) atoms. The van der Waals surface area contributed by atoms with E-state index in [0.29, 0.717) is 22.6 Å². The van der Waals surface area contributed by atoms with E-state index in [2.05, 4.69) is 16.7 Å². The number of hydrogen-bond acceptors (Lipinski definition) is 2. The van der Waals surface area contributed by atoms with Gasteiger partial charge in [0.2, 0.25) is 0 Å². The summed E-state index contributed by atoms with van der Waals surface area (Å²) in [6, 6.07) is 13.5. The SMILES string of the molecule is CC(=O)c1ccc(Cl)c(Cc2cc3ccc(C#N)cc3n2C)c1C. The lowest BCUT2D eigenvalue weighted by atomic mass is 9.96. The lowest BCUT2D eigenvalue weighted by molar-refractivity contribution is 0.101. The molecule has 0 N–H and O–H groups in total. The normalized spacial score (nSPS) is 10.8. The van der Waals surface area contributed by atoms with Gasteiger partial charge in [0.25, 0.3) is 0 Å². The summed E-state index contributed by atoms with van der Waals surface area (Å²) in [5, 5.41) is 10.8. The summed E-state index contributed by atoms with van der Waals surface area (Å²) in [6.45, 7) is 3.51. The molecule has 0 atom stereocenters. The minimum Gasteiger partial charge on any atom is -0.347 e. The van der Waals surface area contributed by atoms with Crippen molar-refractivity contribution in [1.29, 1.82) is 5.26 Å². The number of hydrogen-bond donors (Lipinski definition) is 0. The summed E-state index contributed by atoms with van der Waals surface area (Å²) in [4.78, 5) is 11.8. The second-order valence-corrected chi connectivity index (χ2v) is 6.42. The predicted octanol–water partition coefficient (Wildman–Crippen LogP) is 4.81. The summed E-state index contributed by atoms with van der Waals surface area (Å²) in [5.41, 5.74) is 5.35. The standard InChI is InChI=1S/C20H17ClN2O/c1-12-17(13(2)24)6-7-19(21)18(12)10-16-9-15-5-4-14(11-22)8-20(15)23(16)3/h4-9H,10H2,1-3H3. The van der Waals surface area contributed by atoms with Crippen molar-refractivity contribution >= 4 is 28.3 Å². The van der Waals surface area contributed by atoms with Crippen molar-refractivity contribution in [3.05, 3.63) is 69.4 Å². The van der Waals surface area contributed by atoms with Gasteiger partial charge in [-0.05, 0) is 60.7 Å². The number of aryl methyl sites for hydroxylation is 1. The number of benzene rings is 2. The van der Waals surface area contributed by atoms with Crippen LogP contribution in [-0.4, -0.2) is 10.4 Å². The largest absolute Gasteiger partial charge is 0.347 e. The molecule has 0 saturated heterocycles. The van der Waals surface area contributed by atoms with Crippen LogP contribution < -0.4 is 0 Å². The van der Waals surface area contributed by atoms with E-state index in [9.17, 15) is 4.79 Å². The first-order valence-corrected chi connectivity index (χ1v) is 8.07. The molecule has 4 heteroatoms. The molecule has 0 amide bonds. The second kappa shape index (κ2) is 6.14. The van der Waals surface area contributed by atoms with Gasteiger partial charge in [0.05, 0.1) is 11.6 Å². The number of fused-ring (bicyclic) bond motifs is 1. The van der Waals surface area contributed by atoms with Gasteiger partial charge in [-0.3, -0.25) is 4.79 Å². The Balaban J connectivity index is 2.11. The highest BCUT2D eigenvalue weighted by molar-refractivity contribution is 6.31. The minimum absolute atomic E-state index is 0.0427.